The van der Waals surface area contributed by atoms with Gasteiger partial charge in [-0.1, -0.05) is 27.7 Å². The van der Waals surface area contributed by atoms with Gasteiger partial charge in [0.05, 0.1) is 5.75 Å². The molecule has 0 amide bonds. The predicted molar refractivity (Wildman–Crippen MR) is 80.7 cm³/mol. The molecule has 0 aliphatic heterocycles. The number of hydrogen-bond acceptors (Lipinski definition) is 3. The van der Waals surface area contributed by atoms with Gasteiger partial charge in [0.15, 0.2) is 0 Å². The maximum absolute atomic E-state index is 12.5. The van der Waals surface area contributed by atoms with Gasteiger partial charge in [0, 0.05) is 25.2 Å². The van der Waals surface area contributed by atoms with E-state index in [1.165, 1.54) is 12.8 Å². The molecule has 0 heterocycles. The molecule has 4 nitrogen and oxygen atoms in total. The van der Waals surface area contributed by atoms with Gasteiger partial charge in [0.25, 0.3) is 0 Å². The molecule has 0 aromatic rings. The van der Waals surface area contributed by atoms with Crippen LogP contribution in [0.3, 0.4) is 0 Å². The van der Waals surface area contributed by atoms with Gasteiger partial charge < -0.3 is 5.32 Å². The largest absolute Gasteiger partial charge is 0.313 e. The van der Waals surface area contributed by atoms with Crippen molar-refractivity contribution < 1.29 is 8.42 Å². The van der Waals surface area contributed by atoms with Crippen LogP contribution in [-0.4, -0.2) is 43.6 Å². The molecule has 1 fully saturated rings. The number of nitrogens with one attached hydrogen (secondary N) is 1. The van der Waals surface area contributed by atoms with Gasteiger partial charge in [-0.15, -0.1) is 0 Å². The summed E-state index contributed by atoms with van der Waals surface area (Å²) in [5, 5.41) is 3.29. The average Bonchev–Trinajstić information content (AvgIpc) is 3.12. The van der Waals surface area contributed by atoms with E-state index in [0.717, 1.165) is 12.8 Å². The standard InChI is InChI=1S/C14H30N2O2S/c1-5-14(6-2)16(11-12(3)4)19(17,18)10-9-15-13-7-8-13/h12-15H,5-11H2,1-4H3. The van der Waals surface area contributed by atoms with Crippen LogP contribution >= 0.6 is 0 Å². The SMILES string of the molecule is CCC(CC)N(CC(C)C)S(=O)(=O)CCNC1CC1. The lowest BCUT2D eigenvalue weighted by atomic mass is 10.1. The highest BCUT2D eigenvalue weighted by Crippen LogP contribution is 2.19. The second-order valence-electron chi connectivity index (χ2n) is 5.98. The summed E-state index contributed by atoms with van der Waals surface area (Å²) < 4.78 is 26.8. The van der Waals surface area contributed by atoms with Crippen LogP contribution in [0.5, 0.6) is 0 Å². The first kappa shape index (κ1) is 16.9. The molecule has 1 saturated carbocycles. The lowest BCUT2D eigenvalue weighted by Crippen LogP contribution is -2.44. The van der Waals surface area contributed by atoms with E-state index < -0.39 is 10.0 Å². The molecule has 0 bridgehead atoms. The van der Waals surface area contributed by atoms with E-state index >= 15 is 0 Å². The highest BCUT2D eigenvalue weighted by molar-refractivity contribution is 7.89. The average molecular weight is 290 g/mol. The number of nitrogens with zero attached hydrogens (tertiary/aromatic N) is 1. The van der Waals surface area contributed by atoms with Crippen molar-refractivity contribution in [1.29, 1.82) is 0 Å². The molecule has 0 radical (unpaired) electrons. The van der Waals surface area contributed by atoms with Crippen molar-refractivity contribution in [2.24, 2.45) is 5.92 Å². The van der Waals surface area contributed by atoms with E-state index in [1.807, 2.05) is 0 Å². The summed E-state index contributed by atoms with van der Waals surface area (Å²) in [5.41, 5.74) is 0. The lowest BCUT2D eigenvalue weighted by molar-refractivity contribution is 0.277. The number of hydrogen-bond donors (Lipinski definition) is 1. The summed E-state index contributed by atoms with van der Waals surface area (Å²) in [4.78, 5) is 0. The summed E-state index contributed by atoms with van der Waals surface area (Å²) in [6, 6.07) is 0.718. The fraction of sp³-hybridized carbons (Fsp3) is 1.00. The van der Waals surface area contributed by atoms with Crippen molar-refractivity contribution in [2.75, 3.05) is 18.8 Å². The molecule has 0 atom stereocenters. The van der Waals surface area contributed by atoms with Gasteiger partial charge in [-0.2, -0.15) is 4.31 Å². The molecule has 114 valence electrons. The molecule has 0 aromatic heterocycles. The fourth-order valence-electron chi connectivity index (χ4n) is 2.34. The van der Waals surface area contributed by atoms with E-state index in [0.29, 0.717) is 25.0 Å². The van der Waals surface area contributed by atoms with Gasteiger partial charge in [0.1, 0.15) is 0 Å². The van der Waals surface area contributed by atoms with E-state index in [-0.39, 0.29) is 11.8 Å². The van der Waals surface area contributed by atoms with E-state index in [1.54, 1.807) is 4.31 Å². The van der Waals surface area contributed by atoms with Crippen LogP contribution in [0.15, 0.2) is 0 Å². The van der Waals surface area contributed by atoms with Crippen molar-refractivity contribution >= 4 is 10.0 Å². The quantitative estimate of drug-likeness (QED) is 0.671. The Bertz CT molecular complexity index is 346. The van der Waals surface area contributed by atoms with Gasteiger partial charge >= 0.3 is 0 Å². The van der Waals surface area contributed by atoms with Gasteiger partial charge in [0.2, 0.25) is 10.0 Å². The molecule has 19 heavy (non-hydrogen) atoms. The zero-order chi connectivity index (χ0) is 14.5. The Labute approximate surface area is 119 Å². The molecule has 0 aromatic carbocycles. The molecule has 5 heteroatoms. The highest BCUT2D eigenvalue weighted by Gasteiger charge is 2.29. The van der Waals surface area contributed by atoms with Crippen molar-refractivity contribution in [3.63, 3.8) is 0 Å². The van der Waals surface area contributed by atoms with Crippen LogP contribution in [0.2, 0.25) is 0 Å². The summed E-state index contributed by atoms with van der Waals surface area (Å²) in [6.45, 7) is 9.51. The minimum absolute atomic E-state index is 0.147. The van der Waals surface area contributed by atoms with Gasteiger partial charge in [-0.25, -0.2) is 8.42 Å². The Kier molecular flexibility index (Phi) is 6.77. The van der Waals surface area contributed by atoms with Crippen molar-refractivity contribution in [1.82, 2.24) is 9.62 Å². The summed E-state index contributed by atoms with van der Waals surface area (Å²) in [5.74, 6) is 0.596. The minimum atomic E-state index is -3.14. The van der Waals surface area contributed by atoms with Crippen molar-refractivity contribution in [2.45, 2.75) is 65.5 Å². The normalized spacial score (nSPS) is 16.8. The maximum atomic E-state index is 12.5. The summed E-state index contributed by atoms with van der Waals surface area (Å²) in [6.07, 6.45) is 4.17. The van der Waals surface area contributed by atoms with E-state index in [2.05, 4.69) is 33.0 Å². The predicted octanol–water partition coefficient (Wildman–Crippen LogP) is 2.21. The molecular formula is C14H30N2O2S. The van der Waals surface area contributed by atoms with Crippen molar-refractivity contribution in [3.8, 4) is 0 Å². The molecule has 1 aliphatic rings. The van der Waals surface area contributed by atoms with Crippen LogP contribution < -0.4 is 5.32 Å². The highest BCUT2D eigenvalue weighted by atomic mass is 32.2. The third-order valence-electron chi connectivity index (χ3n) is 3.62. The smallest absolute Gasteiger partial charge is 0.215 e. The molecule has 1 rings (SSSR count). The number of rotatable bonds is 10. The molecule has 1 aliphatic carbocycles. The third kappa shape index (κ3) is 5.79. The zero-order valence-corrected chi connectivity index (χ0v) is 13.7. The summed E-state index contributed by atoms with van der Waals surface area (Å²) >= 11 is 0. The van der Waals surface area contributed by atoms with Crippen LogP contribution in [-0.2, 0) is 10.0 Å². The molecule has 0 spiro atoms. The van der Waals surface area contributed by atoms with Crippen LogP contribution in [0, 0.1) is 5.92 Å². The lowest BCUT2D eigenvalue weighted by Gasteiger charge is -2.31. The minimum Gasteiger partial charge on any atom is -0.313 e. The second kappa shape index (κ2) is 7.60. The van der Waals surface area contributed by atoms with E-state index in [9.17, 15) is 8.42 Å². The first-order valence-corrected chi connectivity index (χ1v) is 9.24. The fourth-order valence-corrected chi connectivity index (χ4v) is 4.23. The topological polar surface area (TPSA) is 49.4 Å². The molecule has 1 N–H and O–H groups in total. The Balaban J connectivity index is 2.62. The zero-order valence-electron chi connectivity index (χ0n) is 12.9. The Hall–Kier alpha value is -0.130. The Morgan fingerprint density at radius 3 is 2.21 bits per heavy atom. The van der Waals surface area contributed by atoms with Crippen LogP contribution in [0.25, 0.3) is 0 Å². The first-order chi connectivity index (χ1) is 8.90. The Morgan fingerprint density at radius 1 is 1.21 bits per heavy atom. The van der Waals surface area contributed by atoms with E-state index in [4.69, 9.17) is 0 Å². The maximum Gasteiger partial charge on any atom is 0.215 e. The van der Waals surface area contributed by atoms with Gasteiger partial charge in [-0.05, 0) is 31.6 Å². The molecular weight excluding hydrogens is 260 g/mol. The summed E-state index contributed by atoms with van der Waals surface area (Å²) in [7, 11) is -3.14. The first-order valence-electron chi connectivity index (χ1n) is 7.63. The second-order valence-corrected chi connectivity index (χ2v) is 8.02. The van der Waals surface area contributed by atoms with Crippen LogP contribution in [0.1, 0.15) is 53.4 Å². The van der Waals surface area contributed by atoms with Crippen LogP contribution in [0.4, 0.5) is 0 Å². The Morgan fingerprint density at radius 2 is 1.79 bits per heavy atom. The third-order valence-corrected chi connectivity index (χ3v) is 5.50. The molecule has 0 saturated heterocycles. The monoisotopic (exact) mass is 290 g/mol. The number of sulfonamides is 1. The van der Waals surface area contributed by atoms with Crippen molar-refractivity contribution in [3.05, 3.63) is 0 Å². The molecule has 0 unspecified atom stereocenters. The van der Waals surface area contributed by atoms with Gasteiger partial charge in [-0.3, -0.25) is 0 Å².